The van der Waals surface area contributed by atoms with Gasteiger partial charge < -0.3 is 15.0 Å². The van der Waals surface area contributed by atoms with Crippen molar-refractivity contribution < 1.29 is 24.0 Å². The van der Waals surface area contributed by atoms with Crippen LogP contribution in [0, 0.1) is 0 Å². The number of amides is 3. The lowest BCUT2D eigenvalue weighted by Gasteiger charge is -2.31. The number of benzene rings is 1. The number of quaternary nitrogens is 1. The predicted octanol–water partition coefficient (Wildman–Crippen LogP) is -0.843. The highest BCUT2D eigenvalue weighted by Gasteiger charge is 2.37. The Morgan fingerprint density at radius 1 is 1.21 bits per heavy atom. The van der Waals surface area contributed by atoms with Crippen LogP contribution in [0.5, 0.6) is 0 Å². The van der Waals surface area contributed by atoms with Crippen LogP contribution in [0.2, 0.25) is 0 Å². The fourth-order valence-corrected chi connectivity index (χ4v) is 3.07. The Hall–Kier alpha value is -2.41. The van der Waals surface area contributed by atoms with Gasteiger partial charge >= 0.3 is 12.0 Å². The smallest absolute Gasteiger partial charge is 0.365 e. The van der Waals surface area contributed by atoms with Crippen LogP contribution >= 0.6 is 0 Å². The third kappa shape index (κ3) is 3.91. The Kier molecular flexibility index (Phi) is 4.80. The van der Waals surface area contributed by atoms with E-state index in [2.05, 4.69) is 10.6 Å². The molecule has 1 unspecified atom stereocenters. The van der Waals surface area contributed by atoms with Crippen molar-refractivity contribution in [1.29, 1.82) is 0 Å². The van der Waals surface area contributed by atoms with Gasteiger partial charge in [0.25, 0.3) is 5.91 Å². The first-order valence-corrected chi connectivity index (χ1v) is 8.16. The summed E-state index contributed by atoms with van der Waals surface area (Å²) >= 11 is 0. The molecule has 0 spiro atoms. The number of ether oxygens (including phenoxy) is 1. The van der Waals surface area contributed by atoms with Gasteiger partial charge in [-0.3, -0.25) is 10.1 Å². The van der Waals surface area contributed by atoms with Gasteiger partial charge in [-0.25, -0.2) is 9.59 Å². The number of imide groups is 1. The van der Waals surface area contributed by atoms with Crippen LogP contribution < -0.4 is 15.5 Å². The van der Waals surface area contributed by atoms with E-state index in [9.17, 15) is 14.4 Å². The lowest BCUT2D eigenvalue weighted by molar-refractivity contribution is -0.924. The van der Waals surface area contributed by atoms with E-state index in [1.54, 1.807) is 0 Å². The summed E-state index contributed by atoms with van der Waals surface area (Å²) in [4.78, 5) is 36.7. The molecule has 1 fully saturated rings. The summed E-state index contributed by atoms with van der Waals surface area (Å²) in [6.07, 6.45) is 2.44. The molecule has 1 aromatic carbocycles. The Labute approximate surface area is 140 Å². The first-order chi connectivity index (χ1) is 11.6. The van der Waals surface area contributed by atoms with Crippen LogP contribution in [0.4, 0.5) is 4.79 Å². The monoisotopic (exact) mass is 332 g/mol. The molecule has 2 aliphatic rings. The zero-order chi connectivity index (χ0) is 17.1. The van der Waals surface area contributed by atoms with Gasteiger partial charge in [-0.15, -0.1) is 0 Å². The molecular weight excluding hydrogens is 310 g/mol. The van der Waals surface area contributed by atoms with Gasteiger partial charge in [-0.1, -0.05) is 24.3 Å². The van der Waals surface area contributed by atoms with E-state index in [-0.39, 0.29) is 18.6 Å². The molecule has 7 nitrogen and oxygen atoms in total. The van der Waals surface area contributed by atoms with Crippen molar-refractivity contribution >= 4 is 17.9 Å². The Morgan fingerprint density at radius 2 is 1.92 bits per heavy atom. The topological polar surface area (TPSA) is 88.9 Å². The van der Waals surface area contributed by atoms with E-state index in [0.717, 1.165) is 28.9 Å². The van der Waals surface area contributed by atoms with Gasteiger partial charge in [0, 0.05) is 18.0 Å². The standard InChI is InChI=1S/C17H21N3O4/c1-24-16(22)14-8-11-4-2-3-5-12(11)9-20(14)10-15(21)19-17(23)18-13-6-7-13/h2-5,13-14H,6-10H2,1H3,(H2,18,19,21,23)/p+1/t14-/m0/s1. The number of methoxy groups -OCH3 is 1. The Balaban J connectivity index is 1.65. The molecule has 2 atom stereocenters. The molecule has 0 aromatic heterocycles. The van der Waals surface area contributed by atoms with E-state index < -0.39 is 18.0 Å². The number of hydrogen-bond donors (Lipinski definition) is 3. The number of carbonyl (C=O) groups excluding carboxylic acids is 3. The lowest BCUT2D eigenvalue weighted by Crippen LogP contribution is -3.17. The van der Waals surface area contributed by atoms with Crippen molar-refractivity contribution in [3.05, 3.63) is 35.4 Å². The summed E-state index contributed by atoms with van der Waals surface area (Å²) in [5.41, 5.74) is 2.21. The summed E-state index contributed by atoms with van der Waals surface area (Å²) in [7, 11) is 1.35. The molecule has 7 heteroatoms. The molecule has 3 rings (SSSR count). The third-order valence-electron chi connectivity index (χ3n) is 4.49. The van der Waals surface area contributed by atoms with E-state index in [1.165, 1.54) is 7.11 Å². The van der Waals surface area contributed by atoms with Crippen molar-refractivity contribution in [3.8, 4) is 0 Å². The van der Waals surface area contributed by atoms with Gasteiger partial charge in [0.05, 0.1) is 7.11 Å². The highest BCUT2D eigenvalue weighted by atomic mass is 16.5. The summed E-state index contributed by atoms with van der Waals surface area (Å²) in [6.45, 7) is 0.597. The van der Waals surface area contributed by atoms with Gasteiger partial charge in [0.2, 0.25) is 0 Å². The largest absolute Gasteiger partial charge is 0.465 e. The first kappa shape index (κ1) is 16.4. The average molecular weight is 332 g/mol. The molecule has 0 bridgehead atoms. The second-order valence-electron chi connectivity index (χ2n) is 6.36. The van der Waals surface area contributed by atoms with E-state index in [1.807, 2.05) is 24.3 Å². The number of rotatable bonds is 4. The fourth-order valence-electron chi connectivity index (χ4n) is 3.07. The van der Waals surface area contributed by atoms with Crippen molar-refractivity contribution in [1.82, 2.24) is 10.6 Å². The molecule has 128 valence electrons. The fraction of sp³-hybridized carbons (Fsp3) is 0.471. The molecular formula is C17H22N3O4+. The van der Waals surface area contributed by atoms with Crippen LogP contribution in [0.1, 0.15) is 24.0 Å². The molecule has 24 heavy (non-hydrogen) atoms. The van der Waals surface area contributed by atoms with Crippen LogP contribution in [0.25, 0.3) is 0 Å². The van der Waals surface area contributed by atoms with Crippen molar-refractivity contribution in [2.45, 2.75) is 37.9 Å². The predicted molar refractivity (Wildman–Crippen MR) is 85.2 cm³/mol. The molecule has 1 saturated carbocycles. The molecule has 0 radical (unpaired) electrons. The molecule has 0 saturated heterocycles. The first-order valence-electron chi connectivity index (χ1n) is 8.16. The van der Waals surface area contributed by atoms with Gasteiger partial charge in [-0.05, 0) is 18.4 Å². The number of nitrogens with one attached hydrogen (secondary N) is 3. The third-order valence-corrected chi connectivity index (χ3v) is 4.49. The molecule has 3 N–H and O–H groups in total. The number of hydrogen-bond acceptors (Lipinski definition) is 4. The molecule has 1 heterocycles. The van der Waals surface area contributed by atoms with Crippen molar-refractivity contribution in [3.63, 3.8) is 0 Å². The maximum atomic E-state index is 12.1. The molecule has 1 aliphatic carbocycles. The zero-order valence-corrected chi connectivity index (χ0v) is 13.6. The van der Waals surface area contributed by atoms with Crippen LogP contribution in [0.3, 0.4) is 0 Å². The second kappa shape index (κ2) is 7.00. The summed E-state index contributed by atoms with van der Waals surface area (Å²) in [6, 6.07) is 7.16. The van der Waals surface area contributed by atoms with E-state index >= 15 is 0 Å². The van der Waals surface area contributed by atoms with Crippen molar-refractivity contribution in [2.24, 2.45) is 0 Å². The molecule has 1 aliphatic heterocycles. The molecule has 3 amide bonds. The number of esters is 1. The second-order valence-corrected chi connectivity index (χ2v) is 6.36. The van der Waals surface area contributed by atoms with Gasteiger partial charge in [-0.2, -0.15) is 0 Å². The van der Waals surface area contributed by atoms with E-state index in [0.29, 0.717) is 13.0 Å². The summed E-state index contributed by atoms with van der Waals surface area (Å²) in [5.74, 6) is -0.730. The highest BCUT2D eigenvalue weighted by molar-refractivity contribution is 5.95. The summed E-state index contributed by atoms with van der Waals surface area (Å²) < 4.78 is 4.89. The zero-order valence-electron chi connectivity index (χ0n) is 13.6. The number of fused-ring (bicyclic) bond motifs is 1. The van der Waals surface area contributed by atoms with Crippen molar-refractivity contribution in [2.75, 3.05) is 13.7 Å². The Morgan fingerprint density at radius 3 is 2.58 bits per heavy atom. The number of carbonyl (C=O) groups is 3. The lowest BCUT2D eigenvalue weighted by atomic mass is 9.94. The maximum Gasteiger partial charge on any atom is 0.365 e. The highest BCUT2D eigenvalue weighted by Crippen LogP contribution is 2.18. The Bertz CT molecular complexity index is 657. The average Bonchev–Trinajstić information content (AvgIpc) is 3.37. The minimum atomic E-state index is -0.464. The van der Waals surface area contributed by atoms with Crippen LogP contribution in [0.15, 0.2) is 24.3 Å². The van der Waals surface area contributed by atoms with Gasteiger partial charge in [0.15, 0.2) is 12.6 Å². The number of urea groups is 1. The van der Waals surface area contributed by atoms with Crippen LogP contribution in [-0.4, -0.2) is 43.6 Å². The maximum absolute atomic E-state index is 12.1. The SMILES string of the molecule is COC(=O)[C@@H]1Cc2ccccc2C[NH+]1CC(=O)NC(=O)NC1CC1. The molecule has 1 aromatic rings. The summed E-state index contributed by atoms with van der Waals surface area (Å²) in [5, 5.41) is 5.05. The van der Waals surface area contributed by atoms with Crippen LogP contribution in [-0.2, 0) is 27.3 Å². The minimum absolute atomic E-state index is 0.0478. The normalized spacial score (nSPS) is 22.2. The van der Waals surface area contributed by atoms with E-state index in [4.69, 9.17) is 4.74 Å². The minimum Gasteiger partial charge on any atom is -0.465 e. The van der Waals surface area contributed by atoms with Gasteiger partial charge in [0.1, 0.15) is 6.54 Å². The quantitative estimate of drug-likeness (QED) is 0.627.